The number of aliphatic imine (C=N–C) groups is 1. The van der Waals surface area contributed by atoms with Crippen LogP contribution in [0.5, 0.6) is 0 Å². The minimum atomic E-state index is -0.291. The zero-order chi connectivity index (χ0) is 20.7. The van der Waals surface area contributed by atoms with Crippen molar-refractivity contribution < 1.29 is 19.1 Å². The van der Waals surface area contributed by atoms with Gasteiger partial charge in [0.2, 0.25) is 5.88 Å². The highest BCUT2D eigenvalue weighted by molar-refractivity contribution is 6.38. The van der Waals surface area contributed by atoms with Gasteiger partial charge in [-0.3, -0.25) is 9.59 Å². The van der Waals surface area contributed by atoms with Crippen LogP contribution in [0.15, 0.2) is 16.4 Å². The molecular formula is C22H36N2O4. The smallest absolute Gasteiger partial charge is 0.307 e. The van der Waals surface area contributed by atoms with Gasteiger partial charge in [-0.15, -0.1) is 0 Å². The molecule has 2 rings (SSSR count). The number of ether oxygens (including phenoxy) is 2. The van der Waals surface area contributed by atoms with E-state index < -0.39 is 0 Å². The third-order valence-electron chi connectivity index (χ3n) is 5.09. The lowest BCUT2D eigenvalue weighted by Gasteiger charge is -2.20. The summed E-state index contributed by atoms with van der Waals surface area (Å²) in [5, 5.41) is 2.96. The molecule has 0 spiro atoms. The zero-order valence-corrected chi connectivity index (χ0v) is 18.0. The second-order valence-electron chi connectivity index (χ2n) is 8.52. The van der Waals surface area contributed by atoms with Crippen LogP contribution in [0.25, 0.3) is 0 Å². The molecule has 2 aliphatic rings. The normalized spacial score (nSPS) is 19.1. The van der Waals surface area contributed by atoms with Crippen LogP contribution < -0.4 is 5.32 Å². The van der Waals surface area contributed by atoms with E-state index in [0.29, 0.717) is 49.0 Å². The molecule has 0 bridgehead atoms. The predicted molar refractivity (Wildman–Crippen MR) is 110 cm³/mol. The molecule has 6 nitrogen and oxygen atoms in total. The van der Waals surface area contributed by atoms with Gasteiger partial charge < -0.3 is 14.8 Å². The molecule has 1 atom stereocenters. The van der Waals surface area contributed by atoms with E-state index in [4.69, 9.17) is 9.47 Å². The number of amides is 1. The van der Waals surface area contributed by atoms with Crippen molar-refractivity contribution in [1.82, 2.24) is 5.32 Å². The molecule has 0 aromatic carbocycles. The average molecular weight is 393 g/mol. The van der Waals surface area contributed by atoms with Gasteiger partial charge in [-0.1, -0.05) is 13.8 Å². The number of allylic oxidation sites excluding steroid dienone is 1. The first-order valence-electron chi connectivity index (χ1n) is 10.6. The Hall–Kier alpha value is -1.85. The van der Waals surface area contributed by atoms with E-state index in [0.717, 1.165) is 5.57 Å². The Bertz CT molecular complexity index is 616. The molecule has 0 radical (unpaired) electrons. The summed E-state index contributed by atoms with van der Waals surface area (Å²) in [7, 11) is 0. The average Bonchev–Trinajstić information content (AvgIpc) is 3.50. The summed E-state index contributed by atoms with van der Waals surface area (Å²) in [5.74, 6) is 1.57. The fraction of sp³-hybridized carbons (Fsp3) is 0.773. The van der Waals surface area contributed by atoms with Gasteiger partial charge in [0.05, 0.1) is 19.6 Å². The van der Waals surface area contributed by atoms with E-state index >= 15 is 0 Å². The Kier molecular flexibility index (Phi) is 8.52. The minimum absolute atomic E-state index is 0.174. The van der Waals surface area contributed by atoms with Crippen molar-refractivity contribution in [2.45, 2.75) is 79.2 Å². The highest BCUT2D eigenvalue weighted by Gasteiger charge is 2.29. The first-order chi connectivity index (χ1) is 13.3. The van der Waals surface area contributed by atoms with Crippen LogP contribution in [-0.2, 0) is 19.1 Å². The number of nitrogens with one attached hydrogen (secondary N) is 1. The maximum absolute atomic E-state index is 12.7. The maximum atomic E-state index is 12.7. The number of hydrogen-bond acceptors (Lipinski definition) is 5. The van der Waals surface area contributed by atoms with Crippen molar-refractivity contribution in [2.75, 3.05) is 13.2 Å². The summed E-state index contributed by atoms with van der Waals surface area (Å²) in [6, 6.07) is -0.263. The van der Waals surface area contributed by atoms with Crippen molar-refractivity contribution in [3.63, 3.8) is 0 Å². The number of carbonyl (C=O) groups excluding carboxylic acids is 2. The van der Waals surface area contributed by atoms with Gasteiger partial charge in [-0.05, 0) is 76.2 Å². The first-order valence-corrected chi connectivity index (χ1v) is 10.6. The summed E-state index contributed by atoms with van der Waals surface area (Å²) in [6.45, 7) is 10.7. The Labute approximate surface area is 169 Å². The van der Waals surface area contributed by atoms with Crippen LogP contribution in [-0.4, -0.2) is 36.8 Å². The van der Waals surface area contributed by atoms with E-state index in [-0.39, 0.29) is 24.3 Å². The molecule has 0 aliphatic heterocycles. The third-order valence-corrected chi connectivity index (χ3v) is 5.09. The molecular weight excluding hydrogens is 356 g/mol. The molecule has 0 aromatic rings. The first kappa shape index (κ1) is 22.4. The predicted octanol–water partition coefficient (Wildman–Crippen LogP) is 4.00. The molecule has 0 saturated heterocycles. The second-order valence-corrected chi connectivity index (χ2v) is 8.52. The van der Waals surface area contributed by atoms with Crippen molar-refractivity contribution >= 4 is 17.6 Å². The molecule has 1 N–H and O–H groups in total. The largest absolute Gasteiger partial charge is 0.477 e. The van der Waals surface area contributed by atoms with Gasteiger partial charge in [-0.25, -0.2) is 4.99 Å². The third kappa shape index (κ3) is 8.03. The van der Waals surface area contributed by atoms with E-state index in [1.807, 2.05) is 0 Å². The van der Waals surface area contributed by atoms with Crippen molar-refractivity contribution in [1.29, 1.82) is 0 Å². The van der Waals surface area contributed by atoms with Gasteiger partial charge in [-0.2, -0.15) is 0 Å². The molecule has 0 aromatic heterocycles. The molecule has 1 unspecified atom stereocenters. The minimum Gasteiger partial charge on any atom is -0.477 e. The topological polar surface area (TPSA) is 77.0 Å². The second kappa shape index (κ2) is 10.6. The highest BCUT2D eigenvalue weighted by atomic mass is 16.5. The molecule has 158 valence electrons. The number of hydrogen-bond donors (Lipinski definition) is 1. The molecule has 28 heavy (non-hydrogen) atoms. The van der Waals surface area contributed by atoms with Crippen LogP contribution in [0.3, 0.4) is 0 Å². The summed E-state index contributed by atoms with van der Waals surface area (Å²) in [4.78, 5) is 29.1. The maximum Gasteiger partial charge on any atom is 0.307 e. The molecule has 6 heteroatoms. The van der Waals surface area contributed by atoms with E-state index in [1.54, 1.807) is 13.8 Å². The summed E-state index contributed by atoms with van der Waals surface area (Å²) in [5.41, 5.74) is 1.50. The Morgan fingerprint density at radius 1 is 1.11 bits per heavy atom. The number of rotatable bonds is 12. The van der Waals surface area contributed by atoms with Gasteiger partial charge >= 0.3 is 5.97 Å². The fourth-order valence-electron chi connectivity index (χ4n) is 3.08. The van der Waals surface area contributed by atoms with Gasteiger partial charge in [0, 0.05) is 6.04 Å². The van der Waals surface area contributed by atoms with Crippen LogP contribution in [0.2, 0.25) is 0 Å². The summed E-state index contributed by atoms with van der Waals surface area (Å²) in [6.07, 6.45) is 5.64. The van der Waals surface area contributed by atoms with Crippen molar-refractivity contribution in [2.24, 2.45) is 22.7 Å². The van der Waals surface area contributed by atoms with E-state index in [2.05, 4.69) is 31.1 Å². The summed E-state index contributed by atoms with van der Waals surface area (Å²) >= 11 is 0. The number of esters is 1. The van der Waals surface area contributed by atoms with E-state index in [9.17, 15) is 9.59 Å². The van der Waals surface area contributed by atoms with E-state index in [1.165, 1.54) is 25.7 Å². The van der Waals surface area contributed by atoms with Crippen molar-refractivity contribution in [3.05, 3.63) is 11.5 Å². The highest BCUT2D eigenvalue weighted by Crippen LogP contribution is 2.39. The zero-order valence-electron chi connectivity index (χ0n) is 18.0. The SMILES string of the molecule is CCOC(=O)CC(CC(C)C)NC(=O)/C(C)=N/C(OCC1CC1)=C(\C)C1CC1. The summed E-state index contributed by atoms with van der Waals surface area (Å²) < 4.78 is 11.0. The van der Waals surface area contributed by atoms with Gasteiger partial charge in [0.15, 0.2) is 0 Å². The Morgan fingerprint density at radius 3 is 2.32 bits per heavy atom. The monoisotopic (exact) mass is 392 g/mol. The van der Waals surface area contributed by atoms with Crippen molar-refractivity contribution in [3.8, 4) is 0 Å². The molecule has 1 amide bonds. The van der Waals surface area contributed by atoms with Gasteiger partial charge in [0.25, 0.3) is 5.91 Å². The Morgan fingerprint density at radius 2 is 1.79 bits per heavy atom. The van der Waals surface area contributed by atoms with Crippen LogP contribution in [0.1, 0.15) is 73.1 Å². The lowest BCUT2D eigenvalue weighted by Crippen LogP contribution is -2.40. The number of nitrogens with zero attached hydrogens (tertiary/aromatic N) is 1. The number of carbonyl (C=O) groups is 2. The molecule has 2 saturated carbocycles. The quantitative estimate of drug-likeness (QED) is 0.309. The fourth-order valence-corrected chi connectivity index (χ4v) is 3.08. The lowest BCUT2D eigenvalue weighted by atomic mass is 10.0. The Balaban J connectivity index is 2.02. The lowest BCUT2D eigenvalue weighted by molar-refractivity contribution is -0.143. The van der Waals surface area contributed by atoms with Crippen LogP contribution in [0, 0.1) is 17.8 Å². The standard InChI is InChI=1S/C22H36N2O4/c1-6-27-20(25)12-19(11-14(2)3)24-21(26)16(5)23-22(15(4)18-9-10-18)28-13-17-7-8-17/h14,17-19H,6-13H2,1-5H3,(H,24,26)/b22-15-,23-16+. The van der Waals surface area contributed by atoms with Gasteiger partial charge in [0.1, 0.15) is 5.71 Å². The van der Waals surface area contributed by atoms with Crippen LogP contribution >= 0.6 is 0 Å². The molecule has 2 fully saturated rings. The van der Waals surface area contributed by atoms with Crippen LogP contribution in [0.4, 0.5) is 0 Å². The molecule has 0 heterocycles. The molecule has 2 aliphatic carbocycles.